The van der Waals surface area contributed by atoms with E-state index in [1.54, 1.807) is 0 Å². The van der Waals surface area contributed by atoms with Gasteiger partial charge in [0.25, 0.3) is 0 Å². The Morgan fingerprint density at radius 2 is 1.91 bits per heavy atom. The van der Waals surface area contributed by atoms with Gasteiger partial charge in [0.05, 0.1) is 0 Å². The van der Waals surface area contributed by atoms with Crippen molar-refractivity contribution in [2.45, 2.75) is 58.9 Å². The Labute approximate surface area is 132 Å². The summed E-state index contributed by atoms with van der Waals surface area (Å²) in [4.78, 5) is 38.1. The zero-order valence-electron chi connectivity index (χ0n) is 13.9. The van der Waals surface area contributed by atoms with Crippen LogP contribution in [0.15, 0.2) is 0 Å². The number of carboxylic acid groups (broad SMARTS) is 1. The number of hydrogen-bond donors (Lipinski definition) is 1. The van der Waals surface area contributed by atoms with E-state index >= 15 is 0 Å². The highest BCUT2D eigenvalue weighted by molar-refractivity contribution is 5.80. The van der Waals surface area contributed by atoms with E-state index in [-0.39, 0.29) is 24.4 Å². The highest BCUT2D eigenvalue weighted by Crippen LogP contribution is 2.18. The summed E-state index contributed by atoms with van der Waals surface area (Å²) in [5.74, 6) is -0.536. The Morgan fingerprint density at radius 3 is 2.45 bits per heavy atom. The summed E-state index contributed by atoms with van der Waals surface area (Å²) in [5.41, 5.74) is 0. The minimum absolute atomic E-state index is 0.0866. The molecule has 1 fully saturated rings. The summed E-state index contributed by atoms with van der Waals surface area (Å²) in [6.45, 7) is 6.64. The number of likely N-dealkylation sites (tertiary alicyclic amines) is 1. The molecule has 0 radical (unpaired) electrons. The van der Waals surface area contributed by atoms with E-state index in [9.17, 15) is 14.4 Å². The van der Waals surface area contributed by atoms with Gasteiger partial charge in [0.15, 0.2) is 0 Å². The molecule has 2 amide bonds. The van der Waals surface area contributed by atoms with Crippen molar-refractivity contribution >= 4 is 17.8 Å². The van der Waals surface area contributed by atoms with Gasteiger partial charge in [-0.05, 0) is 31.6 Å². The first-order valence-corrected chi connectivity index (χ1v) is 8.08. The second kappa shape index (κ2) is 8.76. The number of hydrogen-bond acceptors (Lipinski definition) is 3. The van der Waals surface area contributed by atoms with Crippen LogP contribution in [0.5, 0.6) is 0 Å². The van der Waals surface area contributed by atoms with Gasteiger partial charge in [0, 0.05) is 32.5 Å². The summed E-state index contributed by atoms with van der Waals surface area (Å²) in [5, 5.41) is 8.94. The third-order valence-corrected chi connectivity index (χ3v) is 4.14. The summed E-state index contributed by atoms with van der Waals surface area (Å²) >= 11 is 0. The van der Waals surface area contributed by atoms with Crippen molar-refractivity contribution in [1.29, 1.82) is 0 Å². The molecule has 6 nitrogen and oxygen atoms in total. The summed E-state index contributed by atoms with van der Waals surface area (Å²) < 4.78 is 0. The van der Waals surface area contributed by atoms with Crippen LogP contribution in [0.25, 0.3) is 0 Å². The van der Waals surface area contributed by atoms with Crippen LogP contribution in [-0.2, 0) is 14.4 Å². The quantitative estimate of drug-likeness (QED) is 0.810. The maximum atomic E-state index is 12.2. The van der Waals surface area contributed by atoms with E-state index in [4.69, 9.17) is 5.11 Å². The molecule has 1 N–H and O–H groups in total. The first-order valence-electron chi connectivity index (χ1n) is 8.08. The Balaban J connectivity index is 2.58. The van der Waals surface area contributed by atoms with Gasteiger partial charge in [-0.2, -0.15) is 0 Å². The van der Waals surface area contributed by atoms with Crippen LogP contribution in [0, 0.1) is 5.92 Å². The topological polar surface area (TPSA) is 77.9 Å². The largest absolute Gasteiger partial charge is 0.480 e. The molecule has 1 saturated heterocycles. The number of aliphatic carboxylic acids is 1. The Bertz CT molecular complexity index is 409. The predicted octanol–water partition coefficient (Wildman–Crippen LogP) is 1.74. The van der Waals surface area contributed by atoms with Crippen LogP contribution in [0.2, 0.25) is 0 Å². The molecule has 1 unspecified atom stereocenters. The predicted molar refractivity (Wildman–Crippen MR) is 83.3 cm³/mol. The van der Waals surface area contributed by atoms with Crippen molar-refractivity contribution in [2.75, 3.05) is 19.6 Å². The third kappa shape index (κ3) is 6.03. The maximum Gasteiger partial charge on any atom is 0.323 e. The van der Waals surface area contributed by atoms with Crippen molar-refractivity contribution in [3.05, 3.63) is 0 Å². The van der Waals surface area contributed by atoms with Gasteiger partial charge < -0.3 is 14.9 Å². The molecule has 126 valence electrons. The molecular weight excluding hydrogens is 284 g/mol. The highest BCUT2D eigenvalue weighted by Gasteiger charge is 2.27. The molecule has 6 heteroatoms. The number of amides is 2. The monoisotopic (exact) mass is 312 g/mol. The molecule has 0 saturated carbocycles. The molecule has 1 aliphatic heterocycles. The number of carboxylic acids is 1. The normalized spacial score (nSPS) is 18.9. The minimum Gasteiger partial charge on any atom is -0.480 e. The SMILES string of the molecule is CC(=O)N(CC(=O)O)C1CCCN(C(=O)CCC(C)C)CC1. The molecule has 1 rings (SSSR count). The number of rotatable bonds is 6. The fourth-order valence-corrected chi connectivity index (χ4v) is 2.85. The van der Waals surface area contributed by atoms with E-state index in [0.717, 1.165) is 19.3 Å². The summed E-state index contributed by atoms with van der Waals surface area (Å²) in [6, 6.07) is -0.0866. The van der Waals surface area contributed by atoms with Crippen LogP contribution in [0.1, 0.15) is 52.9 Å². The number of carbonyl (C=O) groups excluding carboxylic acids is 2. The third-order valence-electron chi connectivity index (χ3n) is 4.14. The summed E-state index contributed by atoms with van der Waals surface area (Å²) in [7, 11) is 0. The smallest absolute Gasteiger partial charge is 0.323 e. The van der Waals surface area contributed by atoms with Crippen LogP contribution >= 0.6 is 0 Å². The van der Waals surface area contributed by atoms with Crippen LogP contribution in [0.3, 0.4) is 0 Å². The minimum atomic E-state index is -0.996. The molecular formula is C16H28N2O4. The van der Waals surface area contributed by atoms with Crippen molar-refractivity contribution in [3.63, 3.8) is 0 Å². The molecule has 1 atom stereocenters. The Kier molecular flexibility index (Phi) is 7.35. The Hall–Kier alpha value is -1.59. The Morgan fingerprint density at radius 1 is 1.23 bits per heavy atom. The lowest BCUT2D eigenvalue weighted by molar-refractivity contribution is -0.145. The second-order valence-corrected chi connectivity index (χ2v) is 6.44. The molecule has 0 aromatic carbocycles. The van der Waals surface area contributed by atoms with E-state index in [1.165, 1.54) is 11.8 Å². The average Bonchev–Trinajstić information content (AvgIpc) is 2.67. The van der Waals surface area contributed by atoms with Crippen LogP contribution in [-0.4, -0.2) is 58.4 Å². The van der Waals surface area contributed by atoms with Gasteiger partial charge in [-0.25, -0.2) is 0 Å². The van der Waals surface area contributed by atoms with Crippen molar-refractivity contribution < 1.29 is 19.5 Å². The lowest BCUT2D eigenvalue weighted by Crippen LogP contribution is -2.43. The maximum absolute atomic E-state index is 12.2. The van der Waals surface area contributed by atoms with E-state index in [0.29, 0.717) is 31.8 Å². The fraction of sp³-hybridized carbons (Fsp3) is 0.812. The van der Waals surface area contributed by atoms with Crippen LogP contribution < -0.4 is 0 Å². The van der Waals surface area contributed by atoms with Gasteiger partial charge >= 0.3 is 5.97 Å². The van der Waals surface area contributed by atoms with Crippen molar-refractivity contribution in [1.82, 2.24) is 9.80 Å². The van der Waals surface area contributed by atoms with Crippen molar-refractivity contribution in [2.24, 2.45) is 5.92 Å². The lowest BCUT2D eigenvalue weighted by atomic mass is 10.1. The summed E-state index contributed by atoms with van der Waals surface area (Å²) in [6.07, 6.45) is 3.66. The highest BCUT2D eigenvalue weighted by atomic mass is 16.4. The van der Waals surface area contributed by atoms with Gasteiger partial charge in [-0.3, -0.25) is 14.4 Å². The fourth-order valence-electron chi connectivity index (χ4n) is 2.85. The molecule has 0 aromatic heterocycles. The standard InChI is InChI=1S/C16H28N2O4/c1-12(2)6-7-15(20)17-9-4-5-14(8-10-17)18(13(3)19)11-16(21)22/h12,14H,4-11H2,1-3H3,(H,21,22). The van der Waals surface area contributed by atoms with Crippen molar-refractivity contribution in [3.8, 4) is 0 Å². The van der Waals surface area contributed by atoms with E-state index < -0.39 is 5.97 Å². The van der Waals surface area contributed by atoms with E-state index in [1.807, 2.05) is 4.90 Å². The number of nitrogens with zero attached hydrogens (tertiary/aromatic N) is 2. The molecule has 22 heavy (non-hydrogen) atoms. The molecule has 0 aromatic rings. The van der Waals surface area contributed by atoms with Gasteiger partial charge in [-0.15, -0.1) is 0 Å². The molecule has 1 aliphatic rings. The van der Waals surface area contributed by atoms with Gasteiger partial charge in [-0.1, -0.05) is 13.8 Å². The van der Waals surface area contributed by atoms with Crippen LogP contribution in [0.4, 0.5) is 0 Å². The molecule has 1 heterocycles. The average molecular weight is 312 g/mol. The number of carbonyl (C=O) groups is 3. The first kappa shape index (κ1) is 18.5. The molecule has 0 spiro atoms. The molecule has 0 bridgehead atoms. The van der Waals surface area contributed by atoms with Gasteiger partial charge in [0.1, 0.15) is 6.54 Å². The second-order valence-electron chi connectivity index (χ2n) is 6.44. The van der Waals surface area contributed by atoms with Gasteiger partial charge in [0.2, 0.25) is 11.8 Å². The molecule has 0 aliphatic carbocycles. The lowest BCUT2D eigenvalue weighted by Gasteiger charge is -2.29. The first-order chi connectivity index (χ1) is 10.3. The zero-order valence-corrected chi connectivity index (χ0v) is 13.9. The van der Waals surface area contributed by atoms with E-state index in [2.05, 4.69) is 13.8 Å². The zero-order chi connectivity index (χ0) is 16.7.